The molecule has 4 nitrogen and oxygen atoms in total. The minimum atomic E-state index is -0.434. The third-order valence-corrected chi connectivity index (χ3v) is 1.67. The molecule has 4 heteroatoms. The van der Waals surface area contributed by atoms with E-state index in [1.165, 1.54) is 13.0 Å². The summed E-state index contributed by atoms with van der Waals surface area (Å²) in [5.41, 5.74) is 0.270. The summed E-state index contributed by atoms with van der Waals surface area (Å²) in [7, 11) is 0. The van der Waals surface area contributed by atoms with Gasteiger partial charge in [-0.15, -0.1) is 0 Å². The molecule has 0 bridgehead atoms. The molecule has 0 radical (unpaired) electrons. The lowest BCUT2D eigenvalue weighted by molar-refractivity contribution is -0.137. The summed E-state index contributed by atoms with van der Waals surface area (Å²) < 4.78 is 4.78. The highest BCUT2D eigenvalue weighted by Gasteiger charge is 2.19. The van der Waals surface area contributed by atoms with Crippen LogP contribution in [0.4, 0.5) is 0 Å². The Hall–Kier alpha value is -1.32. The summed E-state index contributed by atoms with van der Waals surface area (Å²) >= 11 is 0. The van der Waals surface area contributed by atoms with E-state index in [4.69, 9.17) is 4.74 Å². The van der Waals surface area contributed by atoms with Crippen molar-refractivity contribution in [3.63, 3.8) is 0 Å². The van der Waals surface area contributed by atoms with Gasteiger partial charge in [-0.1, -0.05) is 20.8 Å². The maximum Gasteiger partial charge on any atom is 0.332 e. The van der Waals surface area contributed by atoms with Crippen molar-refractivity contribution in [2.75, 3.05) is 6.61 Å². The van der Waals surface area contributed by atoms with Gasteiger partial charge < -0.3 is 10.1 Å². The first-order valence-electron chi connectivity index (χ1n) is 4.94. The number of rotatable bonds is 3. The van der Waals surface area contributed by atoms with E-state index in [1.54, 1.807) is 6.92 Å². The number of nitrogens with one attached hydrogen (secondary N) is 1. The second-order valence-electron chi connectivity index (χ2n) is 4.24. The van der Waals surface area contributed by atoms with Gasteiger partial charge in [0.2, 0.25) is 5.91 Å². The van der Waals surface area contributed by atoms with Crippen molar-refractivity contribution < 1.29 is 14.3 Å². The van der Waals surface area contributed by atoms with E-state index in [0.717, 1.165) is 0 Å². The van der Waals surface area contributed by atoms with Crippen LogP contribution in [0.5, 0.6) is 0 Å². The normalized spacial score (nSPS) is 12.2. The van der Waals surface area contributed by atoms with Crippen LogP contribution in [0, 0.1) is 5.41 Å². The third-order valence-electron chi connectivity index (χ3n) is 1.67. The maximum absolute atomic E-state index is 11.2. The molecule has 0 spiro atoms. The molecule has 0 saturated heterocycles. The Balaban J connectivity index is 4.77. The molecule has 0 aliphatic rings. The zero-order valence-corrected chi connectivity index (χ0v) is 10.0. The van der Waals surface area contributed by atoms with Crippen molar-refractivity contribution in [3.8, 4) is 0 Å². The Kier molecular flexibility index (Phi) is 5.05. The molecule has 0 heterocycles. The first kappa shape index (κ1) is 13.7. The van der Waals surface area contributed by atoms with Gasteiger partial charge in [-0.2, -0.15) is 0 Å². The molecule has 0 aromatic heterocycles. The van der Waals surface area contributed by atoms with E-state index >= 15 is 0 Å². The number of hydrogen-bond donors (Lipinski definition) is 1. The average molecular weight is 213 g/mol. The molecule has 1 N–H and O–H groups in total. The first-order valence-corrected chi connectivity index (χ1v) is 4.94. The third kappa shape index (κ3) is 5.88. The van der Waals surface area contributed by atoms with Crippen LogP contribution in [-0.4, -0.2) is 18.5 Å². The molecule has 0 aliphatic heterocycles. The SMILES string of the molecule is CCOC(=O)/C=C(/NC(C)=O)C(C)(C)C. The maximum atomic E-state index is 11.2. The second-order valence-corrected chi connectivity index (χ2v) is 4.24. The number of hydrogen-bond acceptors (Lipinski definition) is 3. The van der Waals surface area contributed by atoms with Gasteiger partial charge in [0.1, 0.15) is 0 Å². The molecular weight excluding hydrogens is 194 g/mol. The average Bonchev–Trinajstić information content (AvgIpc) is 2.00. The van der Waals surface area contributed by atoms with Gasteiger partial charge in [0, 0.05) is 24.1 Å². The van der Waals surface area contributed by atoms with E-state index in [1.807, 2.05) is 20.8 Å². The lowest BCUT2D eigenvalue weighted by Gasteiger charge is -2.22. The highest BCUT2D eigenvalue weighted by molar-refractivity contribution is 5.84. The fourth-order valence-electron chi connectivity index (χ4n) is 0.932. The number of carbonyl (C=O) groups is 2. The molecule has 1 amide bonds. The zero-order chi connectivity index (χ0) is 12.1. The molecule has 0 unspecified atom stereocenters. The van der Waals surface area contributed by atoms with E-state index in [-0.39, 0.29) is 11.3 Å². The highest BCUT2D eigenvalue weighted by Crippen LogP contribution is 2.22. The molecule has 0 aromatic carbocycles. The topological polar surface area (TPSA) is 55.4 Å². The fraction of sp³-hybridized carbons (Fsp3) is 0.636. The van der Waals surface area contributed by atoms with Crippen LogP contribution >= 0.6 is 0 Å². The molecule has 0 aromatic rings. The summed E-state index contributed by atoms with van der Waals surface area (Å²) in [5, 5.41) is 2.63. The van der Waals surface area contributed by atoms with Crippen LogP contribution in [-0.2, 0) is 14.3 Å². The first-order chi connectivity index (χ1) is 6.77. The standard InChI is InChI=1S/C11H19NO3/c1-6-15-10(14)7-9(11(3,4)5)12-8(2)13/h7H,6H2,1-5H3,(H,12,13)/b9-7+. The van der Waals surface area contributed by atoms with Crippen molar-refractivity contribution in [3.05, 3.63) is 11.8 Å². The van der Waals surface area contributed by atoms with Crippen LogP contribution < -0.4 is 5.32 Å². The Bertz CT molecular complexity index is 274. The van der Waals surface area contributed by atoms with Crippen LogP contribution in [0.3, 0.4) is 0 Å². The molecule has 86 valence electrons. The van der Waals surface area contributed by atoms with Crippen molar-refractivity contribution in [2.45, 2.75) is 34.6 Å². The number of amides is 1. The van der Waals surface area contributed by atoms with Gasteiger partial charge >= 0.3 is 5.97 Å². The summed E-state index contributed by atoms with van der Waals surface area (Å²) in [5.74, 6) is -0.628. The van der Waals surface area contributed by atoms with E-state index in [2.05, 4.69) is 5.32 Å². The van der Waals surface area contributed by atoms with Gasteiger partial charge in [-0.05, 0) is 6.92 Å². The number of allylic oxidation sites excluding steroid dienone is 1. The molecule has 15 heavy (non-hydrogen) atoms. The zero-order valence-electron chi connectivity index (χ0n) is 10.0. The molecule has 0 fully saturated rings. The van der Waals surface area contributed by atoms with Gasteiger partial charge in [0.15, 0.2) is 0 Å². The number of esters is 1. The Morgan fingerprint density at radius 3 is 2.20 bits per heavy atom. The molecule has 0 rings (SSSR count). The van der Waals surface area contributed by atoms with Crippen LogP contribution in [0.25, 0.3) is 0 Å². The predicted molar refractivity (Wildman–Crippen MR) is 58.0 cm³/mol. The quantitative estimate of drug-likeness (QED) is 0.572. The lowest BCUT2D eigenvalue weighted by atomic mass is 9.91. The predicted octanol–water partition coefficient (Wildman–Crippen LogP) is 1.62. The van der Waals surface area contributed by atoms with Crippen molar-refractivity contribution in [2.24, 2.45) is 5.41 Å². The molecular formula is C11H19NO3. The monoisotopic (exact) mass is 213 g/mol. The molecule has 0 atom stereocenters. The number of ether oxygens (including phenoxy) is 1. The van der Waals surface area contributed by atoms with Crippen LogP contribution in [0.15, 0.2) is 11.8 Å². The van der Waals surface area contributed by atoms with Gasteiger partial charge in [0.25, 0.3) is 0 Å². The lowest BCUT2D eigenvalue weighted by Crippen LogP contribution is -2.29. The fourth-order valence-corrected chi connectivity index (χ4v) is 0.932. The Labute approximate surface area is 90.7 Å². The van der Waals surface area contributed by atoms with Crippen LogP contribution in [0.1, 0.15) is 34.6 Å². The van der Waals surface area contributed by atoms with Crippen molar-refractivity contribution in [1.29, 1.82) is 0 Å². The summed E-state index contributed by atoms with van der Waals surface area (Å²) in [6.07, 6.45) is 1.32. The van der Waals surface area contributed by atoms with Gasteiger partial charge in [0.05, 0.1) is 6.61 Å². The Morgan fingerprint density at radius 2 is 1.87 bits per heavy atom. The van der Waals surface area contributed by atoms with Crippen molar-refractivity contribution >= 4 is 11.9 Å². The Morgan fingerprint density at radius 1 is 1.33 bits per heavy atom. The van der Waals surface area contributed by atoms with Gasteiger partial charge in [-0.25, -0.2) is 4.79 Å². The number of carbonyl (C=O) groups excluding carboxylic acids is 2. The van der Waals surface area contributed by atoms with Gasteiger partial charge in [-0.3, -0.25) is 4.79 Å². The highest BCUT2D eigenvalue weighted by atomic mass is 16.5. The largest absolute Gasteiger partial charge is 0.463 e. The summed E-state index contributed by atoms with van der Waals surface area (Å²) in [4.78, 5) is 22.2. The van der Waals surface area contributed by atoms with E-state index in [0.29, 0.717) is 12.3 Å². The molecule has 0 saturated carbocycles. The van der Waals surface area contributed by atoms with E-state index < -0.39 is 5.97 Å². The second kappa shape index (κ2) is 5.53. The minimum absolute atomic E-state index is 0.194. The van der Waals surface area contributed by atoms with Crippen molar-refractivity contribution in [1.82, 2.24) is 5.32 Å². The van der Waals surface area contributed by atoms with Crippen LogP contribution in [0.2, 0.25) is 0 Å². The minimum Gasteiger partial charge on any atom is -0.463 e. The smallest absolute Gasteiger partial charge is 0.332 e. The summed E-state index contributed by atoms with van der Waals surface area (Å²) in [6.45, 7) is 9.20. The molecule has 0 aliphatic carbocycles. The van der Waals surface area contributed by atoms with E-state index in [9.17, 15) is 9.59 Å². The summed E-state index contributed by atoms with van der Waals surface area (Å²) in [6, 6.07) is 0.